The molecule has 4 rings (SSSR count). The number of likely N-dealkylation sites (tertiary alicyclic amines) is 1. The summed E-state index contributed by atoms with van der Waals surface area (Å²) in [6.07, 6.45) is 4.22. The Kier molecular flexibility index (Phi) is 4.95. The lowest BCUT2D eigenvalue weighted by Gasteiger charge is -2.24. The summed E-state index contributed by atoms with van der Waals surface area (Å²) in [6, 6.07) is 13.1. The molecular weight excluding hydrogens is 342 g/mol. The smallest absolute Gasteiger partial charge is 0.188 e. The first-order chi connectivity index (χ1) is 12.7. The lowest BCUT2D eigenvalue weighted by molar-refractivity contribution is 0.244. The largest absolute Gasteiger partial charge is 0.316 e. The topological polar surface area (TPSA) is 53.9 Å². The molecule has 134 valence electrons. The lowest BCUT2D eigenvalue weighted by atomic mass is 10.1. The molecule has 6 heteroatoms. The van der Waals surface area contributed by atoms with Crippen molar-refractivity contribution in [2.75, 3.05) is 11.9 Å². The van der Waals surface area contributed by atoms with Crippen molar-refractivity contribution in [1.82, 2.24) is 19.9 Å². The van der Waals surface area contributed by atoms with E-state index < -0.39 is 0 Å². The molecule has 1 unspecified atom stereocenters. The highest BCUT2D eigenvalue weighted by Gasteiger charge is 2.27. The van der Waals surface area contributed by atoms with E-state index in [0.717, 1.165) is 42.0 Å². The predicted molar refractivity (Wildman–Crippen MR) is 106 cm³/mol. The van der Waals surface area contributed by atoms with E-state index in [1.165, 1.54) is 16.9 Å². The van der Waals surface area contributed by atoms with Gasteiger partial charge in [-0.25, -0.2) is 15.0 Å². The zero-order valence-corrected chi connectivity index (χ0v) is 16.0. The van der Waals surface area contributed by atoms with Gasteiger partial charge in [0.15, 0.2) is 5.13 Å². The molecule has 0 spiro atoms. The molecule has 0 aliphatic carbocycles. The van der Waals surface area contributed by atoms with Crippen LogP contribution in [0.4, 0.5) is 10.9 Å². The van der Waals surface area contributed by atoms with E-state index in [-0.39, 0.29) is 0 Å². The fourth-order valence-corrected chi connectivity index (χ4v) is 4.19. The van der Waals surface area contributed by atoms with Crippen LogP contribution >= 0.6 is 11.3 Å². The molecule has 1 N–H and O–H groups in total. The predicted octanol–water partition coefficient (Wildman–Crippen LogP) is 4.63. The first kappa shape index (κ1) is 17.1. The van der Waals surface area contributed by atoms with Gasteiger partial charge < -0.3 is 5.32 Å². The maximum atomic E-state index is 4.74. The third-order valence-electron chi connectivity index (χ3n) is 4.65. The zero-order valence-electron chi connectivity index (χ0n) is 15.1. The van der Waals surface area contributed by atoms with E-state index in [0.29, 0.717) is 6.04 Å². The van der Waals surface area contributed by atoms with Gasteiger partial charge >= 0.3 is 0 Å². The van der Waals surface area contributed by atoms with Gasteiger partial charge in [-0.3, -0.25) is 4.90 Å². The standard InChI is InChI=1S/C20H23N5S/c1-14-12-21-20(26-14)24-19-11-17(22-15(2)23-19)18-9-6-10-25(18)13-16-7-4-3-5-8-16/h3-5,7-8,11-12,18H,6,9-10,13H2,1-2H3,(H,21,22,23,24). The molecule has 3 heterocycles. The molecule has 0 saturated carbocycles. The summed E-state index contributed by atoms with van der Waals surface area (Å²) < 4.78 is 0. The number of aromatic nitrogens is 3. The molecule has 3 aromatic rings. The van der Waals surface area contributed by atoms with Crippen LogP contribution in [0.1, 0.15) is 40.8 Å². The SMILES string of the molecule is Cc1nc(Nc2ncc(C)s2)cc(C2CCCN2Cc2ccccc2)n1. The maximum Gasteiger partial charge on any atom is 0.188 e. The molecular formula is C20H23N5S. The third kappa shape index (κ3) is 3.92. The highest BCUT2D eigenvalue weighted by Crippen LogP contribution is 2.33. The van der Waals surface area contributed by atoms with Crippen LogP contribution in [-0.4, -0.2) is 26.4 Å². The molecule has 1 atom stereocenters. The van der Waals surface area contributed by atoms with Crippen molar-refractivity contribution in [3.63, 3.8) is 0 Å². The monoisotopic (exact) mass is 365 g/mol. The van der Waals surface area contributed by atoms with E-state index in [9.17, 15) is 0 Å². The van der Waals surface area contributed by atoms with Crippen molar-refractivity contribution >= 4 is 22.3 Å². The minimum absolute atomic E-state index is 0.343. The van der Waals surface area contributed by atoms with Crippen LogP contribution in [-0.2, 0) is 6.54 Å². The summed E-state index contributed by atoms with van der Waals surface area (Å²) in [5, 5.41) is 4.21. The maximum absolute atomic E-state index is 4.74. The number of anilines is 2. The van der Waals surface area contributed by atoms with Gasteiger partial charge in [0, 0.05) is 23.7 Å². The first-order valence-corrected chi connectivity index (χ1v) is 9.82. The molecule has 1 aromatic carbocycles. The zero-order chi connectivity index (χ0) is 17.9. The second-order valence-corrected chi connectivity index (χ2v) is 7.98. The third-order valence-corrected chi connectivity index (χ3v) is 5.48. The molecule has 1 aliphatic heterocycles. The van der Waals surface area contributed by atoms with Crippen LogP contribution in [0.5, 0.6) is 0 Å². The van der Waals surface area contributed by atoms with Crippen molar-refractivity contribution in [2.24, 2.45) is 0 Å². The average Bonchev–Trinajstić information content (AvgIpc) is 3.24. The molecule has 26 heavy (non-hydrogen) atoms. The Balaban J connectivity index is 1.55. The number of hydrogen-bond acceptors (Lipinski definition) is 6. The molecule has 0 radical (unpaired) electrons. The summed E-state index contributed by atoms with van der Waals surface area (Å²) in [5.74, 6) is 1.62. The molecule has 5 nitrogen and oxygen atoms in total. The van der Waals surface area contributed by atoms with Crippen LogP contribution in [0.2, 0.25) is 0 Å². The quantitative estimate of drug-likeness (QED) is 0.714. The van der Waals surface area contributed by atoms with Crippen molar-refractivity contribution in [1.29, 1.82) is 0 Å². The van der Waals surface area contributed by atoms with E-state index in [1.807, 2.05) is 13.1 Å². The average molecular weight is 366 g/mol. The summed E-state index contributed by atoms with van der Waals surface area (Å²) in [6.45, 7) is 6.08. The number of thiazole rings is 1. The highest BCUT2D eigenvalue weighted by molar-refractivity contribution is 7.15. The molecule has 0 amide bonds. The Morgan fingerprint density at radius 2 is 2.04 bits per heavy atom. The fourth-order valence-electron chi connectivity index (χ4n) is 3.52. The second-order valence-electron chi connectivity index (χ2n) is 6.74. The van der Waals surface area contributed by atoms with E-state index in [4.69, 9.17) is 4.98 Å². The lowest BCUT2D eigenvalue weighted by Crippen LogP contribution is -2.24. The summed E-state index contributed by atoms with van der Waals surface area (Å²) in [4.78, 5) is 17.4. The van der Waals surface area contributed by atoms with Crippen LogP contribution in [0, 0.1) is 13.8 Å². The number of rotatable bonds is 5. The van der Waals surface area contributed by atoms with Crippen LogP contribution in [0.15, 0.2) is 42.6 Å². The minimum atomic E-state index is 0.343. The first-order valence-electron chi connectivity index (χ1n) is 9.00. The van der Waals surface area contributed by atoms with E-state index in [1.54, 1.807) is 11.3 Å². The highest BCUT2D eigenvalue weighted by atomic mass is 32.1. The van der Waals surface area contributed by atoms with Crippen LogP contribution in [0.3, 0.4) is 0 Å². The molecule has 1 fully saturated rings. The summed E-state index contributed by atoms with van der Waals surface area (Å²) >= 11 is 1.64. The van der Waals surface area contributed by atoms with Gasteiger partial charge in [0.2, 0.25) is 0 Å². The van der Waals surface area contributed by atoms with Gasteiger partial charge in [0.05, 0.1) is 11.7 Å². The number of hydrogen-bond donors (Lipinski definition) is 1. The van der Waals surface area contributed by atoms with Crippen molar-refractivity contribution < 1.29 is 0 Å². The van der Waals surface area contributed by atoms with Crippen LogP contribution < -0.4 is 5.32 Å². The summed E-state index contributed by atoms with van der Waals surface area (Å²) in [7, 11) is 0. The Morgan fingerprint density at radius 3 is 2.81 bits per heavy atom. The Morgan fingerprint density at radius 1 is 1.19 bits per heavy atom. The van der Waals surface area contributed by atoms with Gasteiger partial charge in [-0.2, -0.15) is 0 Å². The minimum Gasteiger partial charge on any atom is -0.316 e. The molecule has 2 aromatic heterocycles. The van der Waals surface area contributed by atoms with Gasteiger partial charge in [-0.1, -0.05) is 30.3 Å². The van der Waals surface area contributed by atoms with Gasteiger partial charge in [-0.05, 0) is 38.8 Å². The molecule has 0 bridgehead atoms. The Bertz CT molecular complexity index is 877. The molecule has 1 saturated heterocycles. The van der Waals surface area contributed by atoms with Crippen LogP contribution in [0.25, 0.3) is 0 Å². The normalized spacial score (nSPS) is 17.5. The van der Waals surface area contributed by atoms with Gasteiger partial charge in [-0.15, -0.1) is 11.3 Å². The Hall–Kier alpha value is -2.31. The van der Waals surface area contributed by atoms with Crippen molar-refractivity contribution in [3.05, 3.63) is 64.6 Å². The number of benzene rings is 1. The number of nitrogens with one attached hydrogen (secondary N) is 1. The van der Waals surface area contributed by atoms with Crippen molar-refractivity contribution in [3.8, 4) is 0 Å². The number of nitrogens with zero attached hydrogens (tertiary/aromatic N) is 4. The van der Waals surface area contributed by atoms with E-state index in [2.05, 4.69) is 63.5 Å². The second kappa shape index (κ2) is 7.51. The fraction of sp³-hybridized carbons (Fsp3) is 0.350. The Labute approximate surface area is 158 Å². The van der Waals surface area contributed by atoms with E-state index >= 15 is 0 Å². The van der Waals surface area contributed by atoms with Gasteiger partial charge in [0.25, 0.3) is 0 Å². The van der Waals surface area contributed by atoms with Gasteiger partial charge in [0.1, 0.15) is 11.6 Å². The van der Waals surface area contributed by atoms with Crippen molar-refractivity contribution in [2.45, 2.75) is 39.3 Å². The summed E-state index contributed by atoms with van der Waals surface area (Å²) in [5.41, 5.74) is 2.45. The number of aryl methyl sites for hydroxylation is 2. The molecule has 1 aliphatic rings.